The predicted octanol–water partition coefficient (Wildman–Crippen LogP) is 0.194. The molecule has 0 saturated heterocycles. The number of phenols is 2. The fraction of sp³-hybridized carbons (Fsp3) is 0. The second-order valence-electron chi connectivity index (χ2n) is 2.04. The van der Waals surface area contributed by atoms with E-state index in [1.54, 1.807) is 0 Å². The van der Waals surface area contributed by atoms with Gasteiger partial charge in [-0.3, -0.25) is 4.79 Å². The summed E-state index contributed by atoms with van der Waals surface area (Å²) in [6.07, 6.45) is 0. The van der Waals surface area contributed by atoms with Crippen LogP contribution in [-0.2, 0) is 17.1 Å². The number of nitrogens with two attached hydrogens (primary N) is 1. The van der Waals surface area contributed by atoms with E-state index in [4.69, 9.17) is 15.9 Å². The number of amides is 1. The van der Waals surface area contributed by atoms with Crippen LogP contribution in [0.2, 0.25) is 0 Å². The van der Waals surface area contributed by atoms with E-state index in [-0.39, 0.29) is 28.4 Å². The van der Waals surface area contributed by atoms with Crippen LogP contribution in [0, 0.1) is 0 Å². The number of hydrogen-bond acceptors (Lipinski definition) is 3. The summed E-state index contributed by atoms with van der Waals surface area (Å²) >= 11 is 0. The molecule has 0 bridgehead atoms. The Labute approximate surface area is 79.5 Å². The van der Waals surface area contributed by atoms with Gasteiger partial charge < -0.3 is 15.9 Å². The second-order valence-corrected chi connectivity index (χ2v) is 2.04. The standard InChI is InChI=1S/C7H7NO3.Fe/c8-7(11)4-2-1-3-5(9)6(4)10;/h1-3,9-10H,(H2,8,11);. The van der Waals surface area contributed by atoms with Crippen molar-refractivity contribution in [2.24, 2.45) is 5.73 Å². The van der Waals surface area contributed by atoms with Crippen molar-refractivity contribution in [3.8, 4) is 11.5 Å². The summed E-state index contributed by atoms with van der Waals surface area (Å²) in [5.74, 6) is -1.58. The molecule has 0 aliphatic carbocycles. The van der Waals surface area contributed by atoms with Gasteiger partial charge in [0.25, 0.3) is 5.91 Å². The van der Waals surface area contributed by atoms with Crippen LogP contribution in [0.1, 0.15) is 10.4 Å². The summed E-state index contributed by atoms with van der Waals surface area (Å²) in [5.41, 5.74) is 4.79. The van der Waals surface area contributed by atoms with Gasteiger partial charge in [0.15, 0.2) is 11.5 Å². The number of rotatable bonds is 1. The van der Waals surface area contributed by atoms with E-state index in [9.17, 15) is 4.79 Å². The molecule has 0 unspecified atom stereocenters. The van der Waals surface area contributed by atoms with E-state index in [1.165, 1.54) is 18.2 Å². The molecule has 0 fully saturated rings. The first-order chi connectivity index (χ1) is 5.13. The molecule has 0 heterocycles. The molecule has 4 nitrogen and oxygen atoms in total. The molecule has 1 rings (SSSR count). The van der Waals surface area contributed by atoms with Crippen molar-refractivity contribution in [1.82, 2.24) is 0 Å². The van der Waals surface area contributed by atoms with Gasteiger partial charge in [-0.2, -0.15) is 0 Å². The van der Waals surface area contributed by atoms with Gasteiger partial charge in [0, 0.05) is 17.1 Å². The van der Waals surface area contributed by atoms with Gasteiger partial charge in [-0.05, 0) is 12.1 Å². The number of para-hydroxylation sites is 1. The maximum atomic E-state index is 10.5. The molecule has 4 N–H and O–H groups in total. The van der Waals surface area contributed by atoms with Crippen molar-refractivity contribution in [3.63, 3.8) is 0 Å². The van der Waals surface area contributed by atoms with E-state index in [0.29, 0.717) is 0 Å². The topological polar surface area (TPSA) is 83.6 Å². The number of phenolic OH excluding ortho intramolecular Hbond substituents is 1. The van der Waals surface area contributed by atoms with E-state index < -0.39 is 11.7 Å². The normalized spacial score (nSPS) is 8.67. The SMILES string of the molecule is NC(=O)c1cccc(O)c1O.[Fe]. The third-order valence-corrected chi connectivity index (χ3v) is 1.28. The Morgan fingerprint density at radius 2 is 1.92 bits per heavy atom. The molecule has 12 heavy (non-hydrogen) atoms. The van der Waals surface area contributed by atoms with Gasteiger partial charge in [-0.15, -0.1) is 0 Å². The molecular formula is C7H7FeNO3. The van der Waals surface area contributed by atoms with Crippen LogP contribution in [0.15, 0.2) is 18.2 Å². The fourth-order valence-corrected chi connectivity index (χ4v) is 0.730. The third-order valence-electron chi connectivity index (χ3n) is 1.28. The summed E-state index contributed by atoms with van der Waals surface area (Å²) in [4.78, 5) is 10.5. The zero-order chi connectivity index (χ0) is 8.43. The predicted molar refractivity (Wildman–Crippen MR) is 38.3 cm³/mol. The Morgan fingerprint density at radius 3 is 2.33 bits per heavy atom. The molecule has 0 saturated carbocycles. The summed E-state index contributed by atoms with van der Waals surface area (Å²) in [6, 6.07) is 4.02. The van der Waals surface area contributed by atoms with Crippen molar-refractivity contribution in [2.75, 3.05) is 0 Å². The van der Waals surface area contributed by atoms with Crippen LogP contribution in [-0.4, -0.2) is 16.1 Å². The quantitative estimate of drug-likeness (QED) is 0.456. The van der Waals surface area contributed by atoms with Gasteiger partial charge in [0.1, 0.15) is 0 Å². The van der Waals surface area contributed by atoms with Crippen LogP contribution in [0.3, 0.4) is 0 Å². The first-order valence-corrected chi connectivity index (χ1v) is 2.93. The Kier molecular flexibility index (Phi) is 3.60. The number of carbonyl (C=O) groups is 1. The number of aromatic hydroxyl groups is 2. The van der Waals surface area contributed by atoms with Crippen LogP contribution >= 0.6 is 0 Å². The van der Waals surface area contributed by atoms with Crippen molar-refractivity contribution in [3.05, 3.63) is 23.8 Å². The van der Waals surface area contributed by atoms with Crippen molar-refractivity contribution < 1.29 is 32.1 Å². The molecule has 66 valence electrons. The van der Waals surface area contributed by atoms with Crippen molar-refractivity contribution >= 4 is 5.91 Å². The van der Waals surface area contributed by atoms with Gasteiger partial charge in [0.2, 0.25) is 0 Å². The molecule has 1 aromatic rings. The summed E-state index contributed by atoms with van der Waals surface area (Å²) < 4.78 is 0. The number of benzene rings is 1. The van der Waals surface area contributed by atoms with Crippen LogP contribution in [0.5, 0.6) is 11.5 Å². The molecular weight excluding hydrogens is 202 g/mol. The molecule has 1 aromatic carbocycles. The Bertz CT molecular complexity index is 301. The van der Waals surface area contributed by atoms with E-state index in [1.807, 2.05) is 0 Å². The number of hydrogen-bond donors (Lipinski definition) is 3. The maximum absolute atomic E-state index is 10.5. The van der Waals surface area contributed by atoms with E-state index in [0.717, 1.165) is 0 Å². The Balaban J connectivity index is 0.00000121. The zero-order valence-electron chi connectivity index (χ0n) is 5.97. The fourth-order valence-electron chi connectivity index (χ4n) is 0.730. The first kappa shape index (κ1) is 10.8. The summed E-state index contributed by atoms with van der Waals surface area (Å²) in [7, 11) is 0. The smallest absolute Gasteiger partial charge is 0.252 e. The molecule has 0 atom stereocenters. The number of carbonyl (C=O) groups excluding carboxylic acids is 1. The molecule has 0 aliphatic rings. The van der Waals surface area contributed by atoms with Crippen LogP contribution in [0.4, 0.5) is 0 Å². The Morgan fingerprint density at radius 1 is 1.33 bits per heavy atom. The molecule has 0 radical (unpaired) electrons. The van der Waals surface area contributed by atoms with Crippen molar-refractivity contribution in [2.45, 2.75) is 0 Å². The van der Waals surface area contributed by atoms with E-state index >= 15 is 0 Å². The van der Waals surface area contributed by atoms with Gasteiger partial charge in [-0.1, -0.05) is 6.07 Å². The third kappa shape index (κ3) is 1.90. The zero-order valence-corrected chi connectivity index (χ0v) is 7.07. The molecule has 0 aliphatic heterocycles. The molecule has 5 heteroatoms. The largest absolute Gasteiger partial charge is 0.504 e. The van der Waals surface area contributed by atoms with Crippen LogP contribution < -0.4 is 5.73 Å². The summed E-state index contributed by atoms with van der Waals surface area (Å²) in [6.45, 7) is 0. The van der Waals surface area contributed by atoms with Crippen molar-refractivity contribution in [1.29, 1.82) is 0 Å². The van der Waals surface area contributed by atoms with E-state index in [2.05, 4.69) is 0 Å². The van der Waals surface area contributed by atoms with Gasteiger partial charge >= 0.3 is 0 Å². The Hall–Kier alpha value is -1.19. The average Bonchev–Trinajstić information content (AvgIpc) is 1.94. The van der Waals surface area contributed by atoms with Crippen LogP contribution in [0.25, 0.3) is 0 Å². The minimum Gasteiger partial charge on any atom is -0.504 e. The minimum atomic E-state index is -0.765. The average molecular weight is 209 g/mol. The first-order valence-electron chi connectivity index (χ1n) is 2.93. The summed E-state index contributed by atoms with van der Waals surface area (Å²) in [5, 5.41) is 17.9. The minimum absolute atomic E-state index is 0. The van der Waals surface area contributed by atoms with Gasteiger partial charge in [0.05, 0.1) is 5.56 Å². The maximum Gasteiger partial charge on any atom is 0.252 e. The monoisotopic (exact) mass is 209 g/mol. The second kappa shape index (κ2) is 3.99. The van der Waals surface area contributed by atoms with Gasteiger partial charge in [-0.25, -0.2) is 0 Å². The number of primary amides is 1. The molecule has 1 amide bonds. The molecule has 0 spiro atoms. The molecule has 0 aromatic heterocycles.